The predicted molar refractivity (Wildman–Crippen MR) is 168 cm³/mol. The molecule has 1 saturated heterocycles. The van der Waals surface area contributed by atoms with Gasteiger partial charge in [-0.1, -0.05) is 47.3 Å². The van der Waals surface area contributed by atoms with Crippen molar-refractivity contribution in [2.45, 2.75) is 117 Å². The highest BCUT2D eigenvalue weighted by Gasteiger charge is 2.40. The van der Waals surface area contributed by atoms with E-state index in [1.54, 1.807) is 0 Å². The van der Waals surface area contributed by atoms with Gasteiger partial charge in [-0.25, -0.2) is 0 Å². The minimum absolute atomic E-state index is 0. The molecule has 0 aromatic rings. The fourth-order valence-electron chi connectivity index (χ4n) is 6.51. The van der Waals surface area contributed by atoms with E-state index in [0.29, 0.717) is 36.1 Å². The van der Waals surface area contributed by atoms with Crippen LogP contribution in [-0.4, -0.2) is 82.8 Å². The maximum absolute atomic E-state index is 6.31. The van der Waals surface area contributed by atoms with E-state index in [1.807, 2.05) is 0 Å². The van der Waals surface area contributed by atoms with Crippen LogP contribution >= 0.6 is 11.6 Å². The van der Waals surface area contributed by atoms with Crippen LogP contribution in [0.2, 0.25) is 0 Å². The van der Waals surface area contributed by atoms with E-state index in [-0.39, 0.29) is 40.3 Å². The molecule has 10 N–H and O–H groups in total. The van der Waals surface area contributed by atoms with Crippen molar-refractivity contribution >= 4 is 11.6 Å². The Morgan fingerprint density at radius 3 is 2.21 bits per heavy atom. The highest BCUT2D eigenvalue weighted by atomic mass is 35.5. The molecule has 1 aliphatic heterocycles. The fourth-order valence-corrected chi connectivity index (χ4v) is 6.72. The van der Waals surface area contributed by atoms with Gasteiger partial charge in [0.05, 0.1) is 17.7 Å². The van der Waals surface area contributed by atoms with E-state index in [9.17, 15) is 0 Å². The molecule has 1 heterocycles. The molecule has 3 unspecified atom stereocenters. The first-order valence-electron chi connectivity index (χ1n) is 14.1. The summed E-state index contributed by atoms with van der Waals surface area (Å²) in [4.78, 5) is 2.74. The molecule has 1 saturated carbocycles. The number of ether oxygens (including phenoxy) is 1. The average Bonchev–Trinajstić information content (AvgIpc) is 3.18. The van der Waals surface area contributed by atoms with Crippen molar-refractivity contribution in [3.8, 4) is 0 Å². The normalized spacial score (nSPS) is 29.2. The van der Waals surface area contributed by atoms with Crippen molar-refractivity contribution in [3.63, 3.8) is 0 Å². The van der Waals surface area contributed by atoms with Crippen molar-refractivity contribution in [2.75, 3.05) is 32.9 Å². The predicted octanol–water partition coefficient (Wildman–Crippen LogP) is 3.39. The first-order chi connectivity index (χ1) is 15.9. The molecular weight excluding hydrogens is 518 g/mol. The van der Waals surface area contributed by atoms with E-state index >= 15 is 0 Å². The van der Waals surface area contributed by atoms with Gasteiger partial charge in [-0.15, -0.1) is 11.6 Å². The molecule has 0 aromatic carbocycles. The Bertz CT molecular complexity index is 659. The highest BCUT2D eigenvalue weighted by Crippen LogP contribution is 2.43. The molecule has 8 nitrogen and oxygen atoms in total. The van der Waals surface area contributed by atoms with Crippen LogP contribution in [0, 0.1) is 29.1 Å². The fraction of sp³-hybridized carbons (Fsp3) is 0.933. The largest absolute Gasteiger partial charge is 0.412 e. The van der Waals surface area contributed by atoms with Gasteiger partial charge in [0, 0.05) is 25.2 Å². The Kier molecular flexibility index (Phi) is 21.0. The quantitative estimate of drug-likeness (QED) is 0.229. The Balaban J connectivity index is -0.00000259. The van der Waals surface area contributed by atoms with E-state index < -0.39 is 0 Å². The Hall–Kier alpha value is -0.290. The smallest absolute Gasteiger partial charge is 0.0974 e. The second-order valence-corrected chi connectivity index (χ2v) is 14.1. The summed E-state index contributed by atoms with van der Waals surface area (Å²) in [5, 5.41) is 7.86. The SMILES string of the molecule is C.CC(C)[C@H](CN1CCC(C2C=CC(Cl)CC2)C(C)(C)C1)NC[C@@H]1CC[C@H](NCOC(C)(C)C)C1.O.O.O.O. The lowest BCUT2D eigenvalue weighted by atomic mass is 9.65. The Morgan fingerprint density at radius 1 is 1.00 bits per heavy atom. The number of nitrogens with zero attached hydrogens (tertiary/aromatic N) is 1. The number of rotatable bonds is 10. The van der Waals surface area contributed by atoms with Crippen LogP contribution < -0.4 is 10.6 Å². The van der Waals surface area contributed by atoms with Crippen molar-refractivity contribution in [3.05, 3.63) is 12.2 Å². The van der Waals surface area contributed by atoms with Crippen molar-refractivity contribution in [1.29, 1.82) is 0 Å². The Morgan fingerprint density at radius 2 is 1.67 bits per heavy atom. The second kappa shape index (κ2) is 19.0. The van der Waals surface area contributed by atoms with E-state index in [4.69, 9.17) is 16.3 Å². The van der Waals surface area contributed by atoms with Crippen LogP contribution in [-0.2, 0) is 4.74 Å². The molecule has 0 amide bonds. The number of nitrogens with one attached hydrogen (secondary N) is 2. The van der Waals surface area contributed by atoms with Gasteiger partial charge in [0.2, 0.25) is 0 Å². The number of allylic oxidation sites excluding steroid dienone is 2. The van der Waals surface area contributed by atoms with Crippen LogP contribution in [0.1, 0.15) is 94.4 Å². The average molecular weight is 584 g/mol. The van der Waals surface area contributed by atoms with Crippen LogP contribution in [0.3, 0.4) is 0 Å². The van der Waals surface area contributed by atoms with Gasteiger partial charge in [0.25, 0.3) is 0 Å². The summed E-state index contributed by atoms with van der Waals surface area (Å²) in [6.45, 7) is 21.5. The summed E-state index contributed by atoms with van der Waals surface area (Å²) in [7, 11) is 0. The molecule has 238 valence electrons. The molecule has 0 spiro atoms. The molecule has 3 aliphatic rings. The maximum atomic E-state index is 6.31. The van der Waals surface area contributed by atoms with Gasteiger partial charge >= 0.3 is 0 Å². The van der Waals surface area contributed by atoms with Crippen molar-refractivity contribution in [2.24, 2.45) is 29.1 Å². The lowest BCUT2D eigenvalue weighted by Crippen LogP contribution is -2.53. The first kappa shape index (κ1) is 43.2. The zero-order valence-electron chi connectivity index (χ0n) is 25.2. The zero-order valence-corrected chi connectivity index (χ0v) is 26.0. The van der Waals surface area contributed by atoms with E-state index in [1.165, 1.54) is 51.7 Å². The van der Waals surface area contributed by atoms with Crippen molar-refractivity contribution in [1.82, 2.24) is 15.5 Å². The molecule has 6 atom stereocenters. The number of hydrogen-bond donors (Lipinski definition) is 2. The molecule has 0 aromatic heterocycles. The van der Waals surface area contributed by atoms with Crippen molar-refractivity contribution < 1.29 is 26.6 Å². The van der Waals surface area contributed by atoms with Crippen LogP contribution in [0.5, 0.6) is 0 Å². The zero-order chi connectivity index (χ0) is 24.9. The lowest BCUT2D eigenvalue weighted by Gasteiger charge is -2.48. The van der Waals surface area contributed by atoms with Gasteiger partial charge in [-0.3, -0.25) is 5.32 Å². The van der Waals surface area contributed by atoms with Crippen LogP contribution in [0.15, 0.2) is 12.2 Å². The summed E-state index contributed by atoms with van der Waals surface area (Å²) in [5.74, 6) is 2.92. The van der Waals surface area contributed by atoms with E-state index in [0.717, 1.165) is 24.8 Å². The Labute approximate surface area is 245 Å². The summed E-state index contributed by atoms with van der Waals surface area (Å²) in [6, 6.07) is 1.17. The summed E-state index contributed by atoms with van der Waals surface area (Å²) >= 11 is 6.31. The molecule has 2 fully saturated rings. The number of hydrogen-bond acceptors (Lipinski definition) is 4. The summed E-state index contributed by atoms with van der Waals surface area (Å²) in [6.07, 6.45) is 12.2. The van der Waals surface area contributed by atoms with Crippen LogP contribution in [0.25, 0.3) is 0 Å². The number of likely N-dealkylation sites (tertiary alicyclic amines) is 1. The number of halogens is 1. The van der Waals surface area contributed by atoms with Gasteiger partial charge in [0.15, 0.2) is 0 Å². The molecule has 3 rings (SSSR count). The van der Waals surface area contributed by atoms with Gasteiger partial charge in [-0.05, 0) is 101 Å². The summed E-state index contributed by atoms with van der Waals surface area (Å²) in [5.41, 5.74) is 0.286. The number of piperidine rings is 1. The van der Waals surface area contributed by atoms with E-state index in [2.05, 4.69) is 76.2 Å². The van der Waals surface area contributed by atoms with Crippen LogP contribution in [0.4, 0.5) is 0 Å². The van der Waals surface area contributed by atoms with Gasteiger partial charge in [-0.2, -0.15) is 0 Å². The second-order valence-electron chi connectivity index (χ2n) is 13.5. The molecule has 2 aliphatic carbocycles. The molecule has 0 radical (unpaired) electrons. The third-order valence-corrected chi connectivity index (χ3v) is 8.96. The third-order valence-electron chi connectivity index (χ3n) is 8.60. The monoisotopic (exact) mass is 583 g/mol. The standard InChI is InChI=1S/C29H54ClN3O.CH4.4H2O/c1-21(2)27(31-17-22-8-13-25(16-22)32-20-34-28(3,4)5)18-33-15-14-26(29(6,7)19-33)23-9-11-24(30)12-10-23;;;;;/h9,11,21-27,31-32H,8,10,12-20H2,1-7H3;1H4;4*1H2/t22-,23?,24?,25+,26?,27+;;;;;/m1...../s1. The minimum atomic E-state index is -0.0690. The lowest BCUT2D eigenvalue weighted by molar-refractivity contribution is -0.0170. The van der Waals surface area contributed by atoms with Gasteiger partial charge < -0.3 is 36.9 Å². The topological polar surface area (TPSA) is 163 Å². The first-order valence-corrected chi connectivity index (χ1v) is 14.5. The molecule has 39 heavy (non-hydrogen) atoms. The number of alkyl halides is 1. The maximum Gasteiger partial charge on any atom is 0.0974 e. The third kappa shape index (κ3) is 14.0. The minimum Gasteiger partial charge on any atom is -0.412 e. The molecule has 9 heteroatoms. The van der Waals surface area contributed by atoms with Gasteiger partial charge in [0.1, 0.15) is 0 Å². The highest BCUT2D eigenvalue weighted by molar-refractivity contribution is 6.21. The molecular formula is C30H66ClN3O5. The molecule has 0 bridgehead atoms. The summed E-state index contributed by atoms with van der Waals surface area (Å²) < 4.78 is 5.87.